The minimum atomic E-state index is -0.166. The maximum Gasteiger partial charge on any atom is 0.217 e. The zero-order chi connectivity index (χ0) is 19.7. The van der Waals surface area contributed by atoms with Crippen molar-refractivity contribution in [3.63, 3.8) is 0 Å². The Labute approximate surface area is 153 Å². The van der Waals surface area contributed by atoms with Gasteiger partial charge in [-0.3, -0.25) is 9.59 Å². The number of phenols is 1. The number of carbonyl (C=O) groups excluding carboxylic acids is 2. The molecular weight excluding hydrogens is 314 g/mol. The number of aldehydes is 1. The Morgan fingerprint density at radius 2 is 1.80 bits per heavy atom. The molecule has 1 rings (SSSR count). The Bertz CT molecular complexity index is 452. The van der Waals surface area contributed by atoms with Crippen LogP contribution in [0, 0.1) is 12.8 Å². The topological polar surface area (TPSA) is 80.4 Å². The first-order chi connectivity index (χ1) is 11.9. The lowest BCUT2D eigenvalue weighted by Gasteiger charge is -2.09. The van der Waals surface area contributed by atoms with Gasteiger partial charge in [0.05, 0.1) is 5.56 Å². The van der Waals surface area contributed by atoms with E-state index in [0.717, 1.165) is 24.3 Å². The van der Waals surface area contributed by atoms with Gasteiger partial charge in [0.25, 0.3) is 0 Å². The van der Waals surface area contributed by atoms with Crippen LogP contribution in [-0.4, -0.2) is 17.3 Å². The lowest BCUT2D eigenvalue weighted by molar-refractivity contribution is -0.118. The molecule has 25 heavy (non-hydrogen) atoms. The van der Waals surface area contributed by atoms with E-state index < -0.39 is 0 Å². The molecule has 0 aliphatic heterocycles. The standard InChI is InChI=1S/C11H23NO.C8H8O2.C2H6/c1-3-4-5-7-10(2)8-6-9-11(12)13;1-6-3-2-4-8(10)7(6)5-9;1-2/h10H,3-9H2,1-2H3,(H2,12,13);2-5,10H,1H3;1-2H3. The molecule has 0 aromatic heterocycles. The predicted molar refractivity (Wildman–Crippen MR) is 106 cm³/mol. The fraction of sp³-hybridized carbons (Fsp3) is 0.619. The van der Waals surface area contributed by atoms with Crippen LogP contribution in [-0.2, 0) is 4.79 Å². The molecule has 0 bridgehead atoms. The molecule has 0 aliphatic rings. The minimum Gasteiger partial charge on any atom is -0.507 e. The van der Waals surface area contributed by atoms with Crippen molar-refractivity contribution in [2.24, 2.45) is 11.7 Å². The molecule has 4 heteroatoms. The first-order valence-corrected chi connectivity index (χ1v) is 9.44. The maximum atomic E-state index is 10.5. The molecule has 3 N–H and O–H groups in total. The van der Waals surface area contributed by atoms with Crippen LogP contribution in [0.1, 0.15) is 88.6 Å². The van der Waals surface area contributed by atoms with Crippen molar-refractivity contribution in [3.05, 3.63) is 29.3 Å². The Morgan fingerprint density at radius 1 is 1.20 bits per heavy atom. The van der Waals surface area contributed by atoms with E-state index >= 15 is 0 Å². The summed E-state index contributed by atoms with van der Waals surface area (Å²) < 4.78 is 0. The summed E-state index contributed by atoms with van der Waals surface area (Å²) in [6.45, 7) is 10.3. The number of unbranched alkanes of at least 4 members (excludes halogenated alkanes) is 2. The molecule has 0 heterocycles. The Hall–Kier alpha value is -1.84. The largest absolute Gasteiger partial charge is 0.507 e. The molecule has 1 aromatic rings. The Kier molecular flexibility index (Phi) is 17.3. The molecule has 1 amide bonds. The molecule has 0 spiro atoms. The molecule has 1 unspecified atom stereocenters. The average Bonchev–Trinajstić information content (AvgIpc) is 2.57. The van der Waals surface area contributed by atoms with Crippen LogP contribution in [0.2, 0.25) is 0 Å². The van der Waals surface area contributed by atoms with Crippen molar-refractivity contribution < 1.29 is 14.7 Å². The lowest BCUT2D eigenvalue weighted by atomic mass is 9.97. The summed E-state index contributed by atoms with van der Waals surface area (Å²) in [4.78, 5) is 20.8. The molecule has 144 valence electrons. The van der Waals surface area contributed by atoms with E-state index in [9.17, 15) is 9.59 Å². The van der Waals surface area contributed by atoms with Gasteiger partial charge in [-0.05, 0) is 30.9 Å². The quantitative estimate of drug-likeness (QED) is 0.462. The molecule has 1 aromatic carbocycles. The van der Waals surface area contributed by atoms with E-state index in [1.54, 1.807) is 19.1 Å². The van der Waals surface area contributed by atoms with E-state index in [4.69, 9.17) is 10.8 Å². The third kappa shape index (κ3) is 14.2. The SMILES string of the molecule is CC.CCCCCC(C)CCCC(N)=O.Cc1cccc(O)c1C=O. The number of primary amides is 1. The number of phenolic OH excluding ortho intramolecular Hbond substituents is 1. The van der Waals surface area contributed by atoms with E-state index in [-0.39, 0.29) is 11.7 Å². The van der Waals surface area contributed by atoms with Crippen LogP contribution in [0.5, 0.6) is 5.75 Å². The number of amides is 1. The second kappa shape index (κ2) is 17.0. The fourth-order valence-electron chi connectivity index (χ4n) is 2.33. The number of rotatable bonds is 9. The van der Waals surface area contributed by atoms with Gasteiger partial charge in [-0.25, -0.2) is 0 Å². The van der Waals surface area contributed by atoms with Crippen molar-refractivity contribution in [2.75, 3.05) is 0 Å². The third-order valence-corrected chi connectivity index (χ3v) is 3.84. The zero-order valence-electron chi connectivity index (χ0n) is 16.7. The number of nitrogens with two attached hydrogens (primary N) is 1. The number of aryl methyl sites for hydroxylation is 1. The van der Waals surface area contributed by atoms with Gasteiger partial charge in [0.15, 0.2) is 6.29 Å². The van der Waals surface area contributed by atoms with E-state index in [0.29, 0.717) is 18.3 Å². The van der Waals surface area contributed by atoms with E-state index in [1.165, 1.54) is 31.7 Å². The van der Waals surface area contributed by atoms with Crippen molar-refractivity contribution >= 4 is 12.2 Å². The monoisotopic (exact) mass is 351 g/mol. The summed E-state index contributed by atoms with van der Waals surface area (Å²) in [5, 5.41) is 9.06. The van der Waals surface area contributed by atoms with Gasteiger partial charge < -0.3 is 10.8 Å². The van der Waals surface area contributed by atoms with Crippen molar-refractivity contribution in [1.82, 2.24) is 0 Å². The summed E-state index contributed by atoms with van der Waals surface area (Å²) in [6, 6.07) is 4.98. The van der Waals surface area contributed by atoms with Crippen molar-refractivity contribution in [1.29, 1.82) is 0 Å². The van der Waals surface area contributed by atoms with Gasteiger partial charge in [-0.1, -0.05) is 71.9 Å². The summed E-state index contributed by atoms with van der Waals surface area (Å²) in [7, 11) is 0. The lowest BCUT2D eigenvalue weighted by Crippen LogP contribution is -2.10. The second-order valence-electron chi connectivity index (χ2n) is 6.09. The van der Waals surface area contributed by atoms with Crippen molar-refractivity contribution in [3.8, 4) is 5.75 Å². The number of carbonyl (C=O) groups is 2. The van der Waals surface area contributed by atoms with Gasteiger partial charge >= 0.3 is 0 Å². The smallest absolute Gasteiger partial charge is 0.217 e. The van der Waals surface area contributed by atoms with Crippen LogP contribution in [0.3, 0.4) is 0 Å². The van der Waals surface area contributed by atoms with Crippen molar-refractivity contribution in [2.45, 2.75) is 79.6 Å². The van der Waals surface area contributed by atoms with Crippen LogP contribution in [0.15, 0.2) is 18.2 Å². The molecule has 4 nitrogen and oxygen atoms in total. The summed E-state index contributed by atoms with van der Waals surface area (Å²) in [6.07, 6.45) is 8.56. The Balaban J connectivity index is 0. The highest BCUT2D eigenvalue weighted by molar-refractivity contribution is 5.81. The number of aromatic hydroxyl groups is 1. The molecule has 0 radical (unpaired) electrons. The Morgan fingerprint density at radius 3 is 2.24 bits per heavy atom. The zero-order valence-corrected chi connectivity index (χ0v) is 16.7. The van der Waals surface area contributed by atoms with Gasteiger partial charge in [0.1, 0.15) is 5.75 Å². The highest BCUT2D eigenvalue weighted by Crippen LogP contribution is 2.17. The number of hydrogen-bond acceptors (Lipinski definition) is 3. The van der Waals surface area contributed by atoms with Gasteiger partial charge in [0, 0.05) is 6.42 Å². The third-order valence-electron chi connectivity index (χ3n) is 3.84. The summed E-state index contributed by atoms with van der Waals surface area (Å²) in [5.74, 6) is 0.640. The van der Waals surface area contributed by atoms with E-state index in [1.807, 2.05) is 13.8 Å². The average molecular weight is 352 g/mol. The summed E-state index contributed by atoms with van der Waals surface area (Å²) in [5.41, 5.74) is 6.24. The maximum absolute atomic E-state index is 10.5. The van der Waals surface area contributed by atoms with Gasteiger partial charge in [-0.2, -0.15) is 0 Å². The highest BCUT2D eigenvalue weighted by atomic mass is 16.3. The van der Waals surface area contributed by atoms with Crippen LogP contribution in [0.4, 0.5) is 0 Å². The molecule has 0 aliphatic carbocycles. The number of hydrogen-bond donors (Lipinski definition) is 2. The predicted octanol–water partition coefficient (Wildman–Crippen LogP) is 5.40. The fourth-order valence-corrected chi connectivity index (χ4v) is 2.33. The minimum absolute atomic E-state index is 0.0509. The second-order valence-corrected chi connectivity index (χ2v) is 6.09. The molecule has 0 saturated carbocycles. The van der Waals surface area contributed by atoms with Crippen LogP contribution < -0.4 is 5.73 Å². The van der Waals surface area contributed by atoms with Crippen LogP contribution >= 0.6 is 0 Å². The highest BCUT2D eigenvalue weighted by Gasteiger charge is 2.02. The van der Waals surface area contributed by atoms with Crippen LogP contribution in [0.25, 0.3) is 0 Å². The van der Waals surface area contributed by atoms with E-state index in [2.05, 4.69) is 13.8 Å². The first kappa shape index (κ1) is 25.4. The number of benzene rings is 1. The molecule has 1 atom stereocenters. The molecular formula is C21H37NO3. The normalized spacial score (nSPS) is 10.6. The van der Waals surface area contributed by atoms with Gasteiger partial charge in [-0.15, -0.1) is 0 Å². The first-order valence-electron chi connectivity index (χ1n) is 9.44. The van der Waals surface area contributed by atoms with Gasteiger partial charge in [0.2, 0.25) is 5.91 Å². The summed E-state index contributed by atoms with van der Waals surface area (Å²) >= 11 is 0. The molecule has 0 fully saturated rings. The molecule has 0 saturated heterocycles.